The molecule has 1 aromatic heterocycles. The Kier molecular flexibility index (Phi) is 5.49. The lowest BCUT2D eigenvalue weighted by molar-refractivity contribution is -0.122. The average Bonchev–Trinajstić information content (AvgIpc) is 2.43. The number of carbonyl (C=O) groups excluding carboxylic acids is 2. The zero-order valence-corrected chi connectivity index (χ0v) is 12.6. The van der Waals surface area contributed by atoms with E-state index < -0.39 is 0 Å². The van der Waals surface area contributed by atoms with E-state index in [1.807, 2.05) is 13.8 Å². The van der Waals surface area contributed by atoms with Gasteiger partial charge in [0.2, 0.25) is 5.91 Å². The molecule has 0 radical (unpaired) electrons. The van der Waals surface area contributed by atoms with Gasteiger partial charge in [-0.05, 0) is 18.1 Å². The third-order valence-electron chi connectivity index (χ3n) is 2.92. The molecular weight excluding hydrogens is 256 g/mol. The molecule has 0 fully saturated rings. The lowest BCUT2D eigenvalue weighted by Gasteiger charge is -2.21. The van der Waals surface area contributed by atoms with Gasteiger partial charge in [0.1, 0.15) is 11.9 Å². The number of nitrogens with zero attached hydrogens (tertiary/aromatic N) is 2. The van der Waals surface area contributed by atoms with Crippen molar-refractivity contribution in [1.29, 1.82) is 0 Å². The summed E-state index contributed by atoms with van der Waals surface area (Å²) in [5.74, 6) is 0.508. The molecule has 1 heterocycles. The van der Waals surface area contributed by atoms with Gasteiger partial charge in [-0.3, -0.25) is 9.59 Å². The zero-order chi connectivity index (χ0) is 15.3. The van der Waals surface area contributed by atoms with Crippen molar-refractivity contribution in [3.8, 4) is 0 Å². The number of amides is 2. The van der Waals surface area contributed by atoms with Gasteiger partial charge in [0, 0.05) is 27.3 Å². The summed E-state index contributed by atoms with van der Waals surface area (Å²) in [6, 6.07) is 3.04. The Hall–Kier alpha value is -2.11. The quantitative estimate of drug-likeness (QED) is 0.841. The maximum atomic E-state index is 11.8. The molecule has 6 nitrogen and oxygen atoms in total. The second-order valence-corrected chi connectivity index (χ2v) is 5.11. The molecule has 0 aliphatic rings. The molecular formula is C14H22N4O2. The number of nitrogens with one attached hydrogen (secondary N) is 2. The van der Waals surface area contributed by atoms with Crippen LogP contribution in [0.4, 0.5) is 5.82 Å². The molecule has 0 bridgehead atoms. The summed E-state index contributed by atoms with van der Waals surface area (Å²) in [6.45, 7) is 3.91. The van der Waals surface area contributed by atoms with Crippen LogP contribution < -0.4 is 10.6 Å². The third kappa shape index (κ3) is 3.94. The molecule has 1 rings (SSSR count). The molecule has 0 aliphatic heterocycles. The summed E-state index contributed by atoms with van der Waals surface area (Å²) in [4.78, 5) is 29.2. The Balaban J connectivity index is 2.83. The van der Waals surface area contributed by atoms with Crippen molar-refractivity contribution in [1.82, 2.24) is 15.2 Å². The maximum absolute atomic E-state index is 11.8. The Morgan fingerprint density at radius 1 is 1.25 bits per heavy atom. The molecule has 1 unspecified atom stereocenters. The highest BCUT2D eigenvalue weighted by Crippen LogP contribution is 2.12. The Bertz CT molecular complexity index is 469. The van der Waals surface area contributed by atoms with E-state index in [4.69, 9.17) is 0 Å². The highest BCUT2D eigenvalue weighted by Gasteiger charge is 2.21. The summed E-state index contributed by atoms with van der Waals surface area (Å²) in [5, 5.41) is 5.70. The molecule has 0 aliphatic carbocycles. The molecule has 0 aromatic carbocycles. The fraction of sp³-hybridized carbons (Fsp3) is 0.500. The van der Waals surface area contributed by atoms with Crippen molar-refractivity contribution >= 4 is 17.6 Å². The molecule has 110 valence electrons. The average molecular weight is 278 g/mol. The lowest BCUT2D eigenvalue weighted by atomic mass is 10.0. The third-order valence-corrected chi connectivity index (χ3v) is 2.92. The van der Waals surface area contributed by atoms with Crippen LogP contribution in [-0.2, 0) is 4.79 Å². The van der Waals surface area contributed by atoms with E-state index in [-0.39, 0.29) is 23.8 Å². The van der Waals surface area contributed by atoms with E-state index in [2.05, 4.69) is 15.6 Å². The summed E-state index contributed by atoms with van der Waals surface area (Å²) in [6.07, 6.45) is 1.51. The number of hydrogen-bond acceptors (Lipinski definition) is 4. The van der Waals surface area contributed by atoms with Crippen molar-refractivity contribution in [2.75, 3.05) is 26.5 Å². The number of hydrogen-bond donors (Lipinski definition) is 2. The highest BCUT2D eigenvalue weighted by molar-refractivity contribution is 5.93. The molecule has 1 atom stereocenters. The van der Waals surface area contributed by atoms with Crippen LogP contribution in [-0.4, -0.2) is 48.9 Å². The second kappa shape index (κ2) is 6.88. The number of likely N-dealkylation sites (N-methyl/N-ethyl adjacent to an activating group) is 1. The first-order valence-electron chi connectivity index (χ1n) is 6.52. The smallest absolute Gasteiger partial charge is 0.254 e. The molecule has 0 saturated heterocycles. The van der Waals surface area contributed by atoms with E-state index in [9.17, 15) is 9.59 Å². The Morgan fingerprint density at radius 2 is 1.90 bits per heavy atom. The van der Waals surface area contributed by atoms with Gasteiger partial charge in [-0.15, -0.1) is 0 Å². The standard InChI is InChI=1S/C14H22N4O2/c1-9(2)12(13(19)15-3)17-11-7-6-10(8-16-11)14(20)18(4)5/h6-9,12H,1-5H3,(H,15,19)(H,16,17). The van der Waals surface area contributed by atoms with Gasteiger partial charge in [-0.2, -0.15) is 0 Å². The SMILES string of the molecule is CNC(=O)C(Nc1ccc(C(=O)N(C)C)cn1)C(C)C. The number of rotatable bonds is 5. The van der Waals surface area contributed by atoms with Crippen molar-refractivity contribution in [3.63, 3.8) is 0 Å². The van der Waals surface area contributed by atoms with Gasteiger partial charge in [-0.1, -0.05) is 13.8 Å². The normalized spacial score (nSPS) is 11.9. The minimum Gasteiger partial charge on any atom is -0.358 e. The number of pyridine rings is 1. The summed E-state index contributed by atoms with van der Waals surface area (Å²) in [7, 11) is 4.98. The van der Waals surface area contributed by atoms with Gasteiger partial charge >= 0.3 is 0 Å². The lowest BCUT2D eigenvalue weighted by Crippen LogP contribution is -2.41. The topological polar surface area (TPSA) is 74.3 Å². The minimum absolute atomic E-state index is 0.0877. The van der Waals surface area contributed by atoms with Gasteiger partial charge < -0.3 is 15.5 Å². The predicted octanol–water partition coefficient (Wildman–Crippen LogP) is 0.966. The summed E-state index contributed by atoms with van der Waals surface area (Å²) in [5.41, 5.74) is 0.515. The van der Waals surface area contributed by atoms with Crippen LogP contribution in [0.3, 0.4) is 0 Å². The molecule has 1 aromatic rings. The second-order valence-electron chi connectivity index (χ2n) is 5.11. The van der Waals surface area contributed by atoms with Crippen molar-refractivity contribution < 1.29 is 9.59 Å². The Labute approximate surface area is 119 Å². The fourth-order valence-electron chi connectivity index (χ4n) is 1.71. The van der Waals surface area contributed by atoms with Crippen LogP contribution in [0, 0.1) is 5.92 Å². The van der Waals surface area contributed by atoms with Crippen LogP contribution in [0.25, 0.3) is 0 Å². The number of carbonyl (C=O) groups is 2. The van der Waals surface area contributed by atoms with E-state index in [0.717, 1.165) is 0 Å². The van der Waals surface area contributed by atoms with Crippen LogP contribution >= 0.6 is 0 Å². The van der Waals surface area contributed by atoms with Crippen LogP contribution in [0.5, 0.6) is 0 Å². The zero-order valence-electron chi connectivity index (χ0n) is 12.6. The van der Waals surface area contributed by atoms with Crippen LogP contribution in [0.2, 0.25) is 0 Å². The first-order valence-corrected chi connectivity index (χ1v) is 6.52. The number of anilines is 1. The molecule has 0 spiro atoms. The van der Waals surface area contributed by atoms with Crippen LogP contribution in [0.15, 0.2) is 18.3 Å². The van der Waals surface area contributed by atoms with Crippen molar-refractivity contribution in [2.45, 2.75) is 19.9 Å². The fourth-order valence-corrected chi connectivity index (χ4v) is 1.71. The molecule has 2 amide bonds. The van der Waals surface area contributed by atoms with Crippen LogP contribution in [0.1, 0.15) is 24.2 Å². The van der Waals surface area contributed by atoms with E-state index in [0.29, 0.717) is 11.4 Å². The first-order chi connectivity index (χ1) is 9.36. The summed E-state index contributed by atoms with van der Waals surface area (Å²) < 4.78 is 0. The Morgan fingerprint density at radius 3 is 2.30 bits per heavy atom. The minimum atomic E-state index is -0.358. The molecule has 2 N–H and O–H groups in total. The highest BCUT2D eigenvalue weighted by atomic mass is 16.2. The monoisotopic (exact) mass is 278 g/mol. The maximum Gasteiger partial charge on any atom is 0.254 e. The van der Waals surface area contributed by atoms with E-state index >= 15 is 0 Å². The van der Waals surface area contributed by atoms with Crippen molar-refractivity contribution in [2.24, 2.45) is 5.92 Å². The number of aromatic nitrogens is 1. The predicted molar refractivity (Wildman–Crippen MR) is 78.6 cm³/mol. The van der Waals surface area contributed by atoms with Gasteiger partial charge in [0.25, 0.3) is 5.91 Å². The van der Waals surface area contributed by atoms with E-state index in [1.54, 1.807) is 33.3 Å². The molecule has 20 heavy (non-hydrogen) atoms. The summed E-state index contributed by atoms with van der Waals surface area (Å²) >= 11 is 0. The van der Waals surface area contributed by atoms with Gasteiger partial charge in [0.05, 0.1) is 5.56 Å². The van der Waals surface area contributed by atoms with E-state index in [1.165, 1.54) is 11.1 Å². The van der Waals surface area contributed by atoms with Gasteiger partial charge in [0.15, 0.2) is 0 Å². The first kappa shape index (κ1) is 15.9. The van der Waals surface area contributed by atoms with Gasteiger partial charge in [-0.25, -0.2) is 4.98 Å². The van der Waals surface area contributed by atoms with Crippen molar-refractivity contribution in [3.05, 3.63) is 23.9 Å². The largest absolute Gasteiger partial charge is 0.358 e. The molecule has 0 saturated carbocycles. The molecule has 6 heteroatoms.